The van der Waals surface area contributed by atoms with Crippen molar-refractivity contribution in [1.82, 2.24) is 0 Å². The van der Waals surface area contributed by atoms with Gasteiger partial charge in [0.05, 0.1) is 11.1 Å². The second-order valence-corrected chi connectivity index (χ2v) is 3.84. The van der Waals surface area contributed by atoms with Crippen molar-refractivity contribution < 1.29 is 4.74 Å². The zero-order valence-corrected chi connectivity index (χ0v) is 9.35. The minimum absolute atomic E-state index is 0.111. The van der Waals surface area contributed by atoms with Gasteiger partial charge in [-0.25, -0.2) is 0 Å². The third-order valence-electron chi connectivity index (χ3n) is 1.73. The quantitative estimate of drug-likeness (QED) is 0.763. The molecule has 0 amide bonds. The van der Waals surface area contributed by atoms with Crippen LogP contribution in [0.15, 0.2) is 18.2 Å². The Labute approximate surface area is 89.4 Å². The van der Waals surface area contributed by atoms with Gasteiger partial charge in [-0.15, -0.1) is 0 Å². The van der Waals surface area contributed by atoms with Crippen LogP contribution < -0.4 is 4.74 Å². The smallest absolute Gasteiger partial charge is 0.138 e. The van der Waals surface area contributed by atoms with Crippen molar-refractivity contribution in [2.45, 2.75) is 26.9 Å². The highest BCUT2D eigenvalue weighted by atomic mass is 35.5. The number of halogens is 1. The summed E-state index contributed by atoms with van der Waals surface area (Å²) in [6.45, 7) is 5.63. The van der Waals surface area contributed by atoms with Gasteiger partial charge < -0.3 is 10.1 Å². The van der Waals surface area contributed by atoms with Crippen molar-refractivity contribution in [3.63, 3.8) is 0 Å². The summed E-state index contributed by atoms with van der Waals surface area (Å²) >= 11 is 6.00. The summed E-state index contributed by atoms with van der Waals surface area (Å²) in [5.74, 6) is 0.673. The zero-order valence-electron chi connectivity index (χ0n) is 8.60. The van der Waals surface area contributed by atoms with Crippen LogP contribution in [0.4, 0.5) is 0 Å². The third-order valence-corrected chi connectivity index (χ3v) is 2.02. The first kappa shape index (κ1) is 11.1. The summed E-state index contributed by atoms with van der Waals surface area (Å²) in [6.07, 6.45) is 0.111. The fraction of sp³-hybridized carbons (Fsp3) is 0.364. The minimum Gasteiger partial charge on any atom is -0.489 e. The van der Waals surface area contributed by atoms with E-state index in [0.29, 0.717) is 16.5 Å². The maximum absolute atomic E-state index is 7.44. The van der Waals surface area contributed by atoms with Crippen LogP contribution in [0.25, 0.3) is 0 Å². The van der Waals surface area contributed by atoms with Crippen molar-refractivity contribution in [2.75, 3.05) is 0 Å². The van der Waals surface area contributed by atoms with E-state index in [-0.39, 0.29) is 6.10 Å². The van der Waals surface area contributed by atoms with E-state index in [1.807, 2.05) is 19.9 Å². The monoisotopic (exact) mass is 211 g/mol. The van der Waals surface area contributed by atoms with Crippen molar-refractivity contribution in [2.24, 2.45) is 0 Å². The van der Waals surface area contributed by atoms with Crippen molar-refractivity contribution in [3.05, 3.63) is 28.8 Å². The molecule has 2 nitrogen and oxygen atoms in total. The summed E-state index contributed by atoms with van der Waals surface area (Å²) < 4.78 is 5.48. The Hall–Kier alpha value is -1.02. The van der Waals surface area contributed by atoms with Crippen LogP contribution in [0.1, 0.15) is 26.3 Å². The molecule has 0 aliphatic carbocycles. The summed E-state index contributed by atoms with van der Waals surface area (Å²) in [7, 11) is 0. The van der Waals surface area contributed by atoms with E-state index >= 15 is 0 Å². The average Bonchev–Trinajstić information content (AvgIpc) is 2.07. The molecular formula is C11H14ClNO. The Balaban J connectivity index is 2.95. The third kappa shape index (κ3) is 2.74. The second-order valence-electron chi connectivity index (χ2n) is 3.44. The lowest BCUT2D eigenvalue weighted by Gasteiger charge is -2.11. The molecule has 14 heavy (non-hydrogen) atoms. The zero-order chi connectivity index (χ0) is 10.7. The summed E-state index contributed by atoms with van der Waals surface area (Å²) in [5, 5.41) is 8.00. The molecule has 76 valence electrons. The first-order chi connectivity index (χ1) is 6.50. The fourth-order valence-corrected chi connectivity index (χ4v) is 1.31. The maximum Gasteiger partial charge on any atom is 0.138 e. The lowest BCUT2D eigenvalue weighted by molar-refractivity contribution is 0.242. The SMILES string of the molecule is CC(=N)c1ccc(OC(C)C)c(Cl)c1. The summed E-state index contributed by atoms with van der Waals surface area (Å²) in [6, 6.07) is 5.39. The molecule has 0 spiro atoms. The van der Waals surface area contributed by atoms with Crippen LogP contribution in [0, 0.1) is 5.41 Å². The normalized spacial score (nSPS) is 10.4. The van der Waals surface area contributed by atoms with Crippen molar-refractivity contribution in [3.8, 4) is 5.75 Å². The molecule has 1 aromatic rings. The molecule has 0 aliphatic heterocycles. The Morgan fingerprint density at radius 1 is 1.43 bits per heavy atom. The van der Waals surface area contributed by atoms with Crippen molar-refractivity contribution in [1.29, 1.82) is 5.41 Å². The van der Waals surface area contributed by atoms with Crippen LogP contribution in [0.5, 0.6) is 5.75 Å². The average molecular weight is 212 g/mol. The van der Waals surface area contributed by atoms with Crippen LogP contribution in [-0.4, -0.2) is 11.8 Å². The molecule has 0 bridgehead atoms. The van der Waals surface area contributed by atoms with E-state index < -0.39 is 0 Å². The highest BCUT2D eigenvalue weighted by molar-refractivity contribution is 6.32. The lowest BCUT2D eigenvalue weighted by Crippen LogP contribution is -2.06. The molecular weight excluding hydrogens is 198 g/mol. The van der Waals surface area contributed by atoms with Gasteiger partial charge in [0.2, 0.25) is 0 Å². The lowest BCUT2D eigenvalue weighted by atomic mass is 10.1. The van der Waals surface area contributed by atoms with Gasteiger partial charge in [-0.05, 0) is 44.5 Å². The molecule has 0 heterocycles. The Morgan fingerprint density at radius 2 is 2.07 bits per heavy atom. The number of hydrogen-bond acceptors (Lipinski definition) is 2. The molecule has 1 aromatic carbocycles. The van der Waals surface area contributed by atoms with Crippen LogP contribution in [0.2, 0.25) is 5.02 Å². The highest BCUT2D eigenvalue weighted by Gasteiger charge is 2.05. The van der Waals surface area contributed by atoms with Gasteiger partial charge in [0.15, 0.2) is 0 Å². The molecule has 0 radical (unpaired) electrons. The Bertz CT molecular complexity index is 347. The Morgan fingerprint density at radius 3 is 2.50 bits per heavy atom. The van der Waals surface area contributed by atoms with E-state index in [0.717, 1.165) is 5.56 Å². The van der Waals surface area contributed by atoms with E-state index in [4.69, 9.17) is 21.7 Å². The maximum atomic E-state index is 7.44. The number of nitrogens with one attached hydrogen (secondary N) is 1. The topological polar surface area (TPSA) is 33.1 Å². The number of hydrogen-bond donors (Lipinski definition) is 1. The highest BCUT2D eigenvalue weighted by Crippen LogP contribution is 2.26. The van der Waals surface area contributed by atoms with Gasteiger partial charge in [0.1, 0.15) is 5.75 Å². The van der Waals surface area contributed by atoms with E-state index in [1.165, 1.54) is 0 Å². The number of rotatable bonds is 3. The molecule has 0 fully saturated rings. The van der Waals surface area contributed by atoms with Gasteiger partial charge in [-0.2, -0.15) is 0 Å². The standard InChI is InChI=1S/C11H14ClNO/c1-7(2)14-11-5-4-9(8(3)13)6-10(11)12/h4-7,13H,1-3H3. The fourth-order valence-electron chi connectivity index (χ4n) is 1.08. The molecule has 1 N–H and O–H groups in total. The second kappa shape index (κ2) is 4.47. The van der Waals surface area contributed by atoms with Crippen LogP contribution >= 0.6 is 11.6 Å². The largest absolute Gasteiger partial charge is 0.489 e. The molecule has 0 saturated carbocycles. The molecule has 0 aromatic heterocycles. The molecule has 0 atom stereocenters. The van der Waals surface area contributed by atoms with Crippen molar-refractivity contribution >= 4 is 17.3 Å². The van der Waals surface area contributed by atoms with E-state index in [2.05, 4.69) is 0 Å². The number of benzene rings is 1. The minimum atomic E-state index is 0.111. The molecule has 0 saturated heterocycles. The van der Waals surface area contributed by atoms with Gasteiger partial charge >= 0.3 is 0 Å². The predicted molar refractivity (Wildman–Crippen MR) is 59.7 cm³/mol. The summed E-state index contributed by atoms with van der Waals surface area (Å²) in [5.41, 5.74) is 1.33. The summed E-state index contributed by atoms with van der Waals surface area (Å²) in [4.78, 5) is 0. The Kier molecular flexibility index (Phi) is 3.53. The van der Waals surface area contributed by atoms with E-state index in [1.54, 1.807) is 19.1 Å². The molecule has 0 unspecified atom stereocenters. The molecule has 3 heteroatoms. The van der Waals surface area contributed by atoms with Gasteiger partial charge in [-0.1, -0.05) is 11.6 Å². The molecule has 0 aliphatic rings. The first-order valence-corrected chi connectivity index (χ1v) is 4.90. The number of ether oxygens (including phenoxy) is 1. The first-order valence-electron chi connectivity index (χ1n) is 4.52. The molecule has 1 rings (SSSR count). The van der Waals surface area contributed by atoms with Crippen LogP contribution in [0.3, 0.4) is 0 Å². The van der Waals surface area contributed by atoms with E-state index in [9.17, 15) is 0 Å². The van der Waals surface area contributed by atoms with Gasteiger partial charge in [0, 0.05) is 5.71 Å². The van der Waals surface area contributed by atoms with Gasteiger partial charge in [0.25, 0.3) is 0 Å². The van der Waals surface area contributed by atoms with Gasteiger partial charge in [-0.3, -0.25) is 0 Å². The van der Waals surface area contributed by atoms with Crippen LogP contribution in [-0.2, 0) is 0 Å². The predicted octanol–water partition coefficient (Wildman–Crippen LogP) is 3.51.